The van der Waals surface area contributed by atoms with Crippen molar-refractivity contribution in [2.45, 2.75) is 31.4 Å². The van der Waals surface area contributed by atoms with Gasteiger partial charge >= 0.3 is 5.97 Å². The van der Waals surface area contributed by atoms with Gasteiger partial charge in [-0.15, -0.1) is 0 Å². The van der Waals surface area contributed by atoms with Crippen molar-refractivity contribution in [3.8, 4) is 0 Å². The topological polar surface area (TPSA) is 49.3 Å². The highest BCUT2D eigenvalue weighted by Crippen LogP contribution is 2.29. The molecule has 0 atom stereocenters. The second kappa shape index (κ2) is 6.27. The molecule has 0 aliphatic rings. The zero-order valence-corrected chi connectivity index (χ0v) is 9.41. The Bertz CT molecular complexity index is 149. The minimum atomic E-state index is -0.790. The third kappa shape index (κ3) is 4.52. The molecule has 0 bridgehead atoms. The molecule has 0 aliphatic carbocycles. The molecule has 13 heavy (non-hydrogen) atoms. The van der Waals surface area contributed by atoms with E-state index in [4.69, 9.17) is 5.11 Å². The van der Waals surface area contributed by atoms with Gasteiger partial charge in [0.2, 0.25) is 0 Å². The summed E-state index contributed by atoms with van der Waals surface area (Å²) in [6.45, 7) is 5.11. The number of rotatable bonds is 7. The van der Waals surface area contributed by atoms with Crippen molar-refractivity contribution in [1.82, 2.24) is 5.32 Å². The lowest BCUT2D eigenvalue weighted by Gasteiger charge is -2.29. The van der Waals surface area contributed by atoms with Crippen LogP contribution in [-0.4, -0.2) is 35.2 Å². The van der Waals surface area contributed by atoms with Crippen LogP contribution < -0.4 is 5.32 Å². The molecular weight excluding hydrogens is 186 g/mol. The maximum absolute atomic E-state index is 10.3. The summed E-state index contributed by atoms with van der Waals surface area (Å²) in [6.07, 6.45) is 4.21. The van der Waals surface area contributed by atoms with E-state index in [0.29, 0.717) is 0 Å². The number of thioether (sulfide) groups is 1. The summed E-state index contributed by atoms with van der Waals surface area (Å²) in [5.74, 6) is -0.790. The van der Waals surface area contributed by atoms with Gasteiger partial charge in [-0.25, -0.2) is 0 Å². The molecule has 3 nitrogen and oxygen atoms in total. The van der Waals surface area contributed by atoms with Gasteiger partial charge in [0, 0.05) is 11.3 Å². The van der Waals surface area contributed by atoms with E-state index >= 15 is 0 Å². The molecule has 0 unspecified atom stereocenters. The van der Waals surface area contributed by atoms with E-state index in [1.807, 2.05) is 11.8 Å². The number of hydrogen-bond acceptors (Lipinski definition) is 3. The standard InChI is InChI=1S/C9H19NO2S/c1-4-9(5-2,13-3)7-10-6-8(11)12/h10H,4-7H2,1-3H3,(H,11,12). The SMILES string of the molecule is CCC(CC)(CNCC(=O)O)SC. The Balaban J connectivity index is 3.88. The fourth-order valence-electron chi connectivity index (χ4n) is 1.26. The zero-order valence-electron chi connectivity index (χ0n) is 8.59. The number of aliphatic carboxylic acids is 1. The van der Waals surface area contributed by atoms with E-state index in [9.17, 15) is 4.79 Å². The molecule has 0 saturated carbocycles. The lowest BCUT2D eigenvalue weighted by Crippen LogP contribution is -2.38. The average molecular weight is 205 g/mol. The van der Waals surface area contributed by atoms with Crippen molar-refractivity contribution in [1.29, 1.82) is 0 Å². The predicted molar refractivity (Wildman–Crippen MR) is 57.3 cm³/mol. The van der Waals surface area contributed by atoms with Crippen molar-refractivity contribution in [3.63, 3.8) is 0 Å². The van der Waals surface area contributed by atoms with Crippen molar-refractivity contribution >= 4 is 17.7 Å². The summed E-state index contributed by atoms with van der Waals surface area (Å²) in [4.78, 5) is 10.3. The maximum atomic E-state index is 10.3. The highest BCUT2D eigenvalue weighted by molar-refractivity contribution is 8.00. The first-order valence-electron chi connectivity index (χ1n) is 4.58. The van der Waals surface area contributed by atoms with Gasteiger partial charge in [-0.1, -0.05) is 13.8 Å². The number of carboxylic acids is 1. The van der Waals surface area contributed by atoms with Crippen molar-refractivity contribution in [2.24, 2.45) is 0 Å². The lowest BCUT2D eigenvalue weighted by atomic mass is 10.0. The first-order valence-corrected chi connectivity index (χ1v) is 5.80. The lowest BCUT2D eigenvalue weighted by molar-refractivity contribution is -0.135. The van der Waals surface area contributed by atoms with Crippen LogP contribution >= 0.6 is 11.8 Å². The normalized spacial score (nSPS) is 11.6. The Morgan fingerprint density at radius 1 is 1.46 bits per heavy atom. The number of nitrogens with one attached hydrogen (secondary N) is 1. The summed E-state index contributed by atoms with van der Waals surface area (Å²) < 4.78 is 0.204. The molecule has 4 heteroatoms. The summed E-state index contributed by atoms with van der Waals surface area (Å²) in [5, 5.41) is 11.4. The van der Waals surface area contributed by atoms with Gasteiger partial charge in [0.05, 0.1) is 6.54 Å². The minimum Gasteiger partial charge on any atom is -0.480 e. The quantitative estimate of drug-likeness (QED) is 0.662. The van der Waals surface area contributed by atoms with Gasteiger partial charge in [-0.3, -0.25) is 4.79 Å². The van der Waals surface area contributed by atoms with E-state index in [1.54, 1.807) is 0 Å². The zero-order chi connectivity index (χ0) is 10.3. The second-order valence-corrected chi connectivity index (χ2v) is 4.37. The van der Waals surface area contributed by atoms with Gasteiger partial charge in [-0.2, -0.15) is 11.8 Å². The van der Waals surface area contributed by atoms with Crippen LogP contribution in [0.15, 0.2) is 0 Å². The smallest absolute Gasteiger partial charge is 0.317 e. The molecule has 0 aromatic carbocycles. The maximum Gasteiger partial charge on any atom is 0.317 e. The van der Waals surface area contributed by atoms with E-state index < -0.39 is 5.97 Å². The van der Waals surface area contributed by atoms with Gasteiger partial charge in [-0.05, 0) is 19.1 Å². The molecule has 0 radical (unpaired) electrons. The highest BCUT2D eigenvalue weighted by Gasteiger charge is 2.24. The van der Waals surface area contributed by atoms with Crippen LogP contribution in [0.3, 0.4) is 0 Å². The van der Waals surface area contributed by atoms with Crippen LogP contribution in [0.5, 0.6) is 0 Å². The molecule has 0 rings (SSSR count). The van der Waals surface area contributed by atoms with Crippen molar-refractivity contribution in [3.05, 3.63) is 0 Å². The fourth-order valence-corrected chi connectivity index (χ4v) is 2.08. The van der Waals surface area contributed by atoms with Crippen LogP contribution in [-0.2, 0) is 4.79 Å². The third-order valence-corrected chi connectivity index (χ3v) is 4.03. The average Bonchev–Trinajstić information content (AvgIpc) is 2.13. The first-order chi connectivity index (χ1) is 6.10. The molecule has 0 aliphatic heterocycles. The van der Waals surface area contributed by atoms with Crippen LogP contribution in [0.1, 0.15) is 26.7 Å². The number of hydrogen-bond donors (Lipinski definition) is 2. The van der Waals surface area contributed by atoms with Crippen molar-refractivity contribution in [2.75, 3.05) is 19.3 Å². The Kier molecular flexibility index (Phi) is 6.16. The summed E-state index contributed by atoms with van der Waals surface area (Å²) in [6, 6.07) is 0. The van der Waals surface area contributed by atoms with Crippen LogP contribution in [0, 0.1) is 0 Å². The van der Waals surface area contributed by atoms with Crippen LogP contribution in [0.2, 0.25) is 0 Å². The Morgan fingerprint density at radius 3 is 2.31 bits per heavy atom. The molecule has 0 spiro atoms. The molecule has 0 fully saturated rings. The molecule has 78 valence electrons. The molecule has 2 N–H and O–H groups in total. The molecule has 0 heterocycles. The minimum absolute atomic E-state index is 0.0578. The molecule has 0 aromatic rings. The summed E-state index contributed by atoms with van der Waals surface area (Å²) >= 11 is 1.81. The second-order valence-electron chi connectivity index (χ2n) is 3.09. The van der Waals surface area contributed by atoms with E-state index in [1.165, 1.54) is 0 Å². The molecule has 0 aromatic heterocycles. The Morgan fingerprint density at radius 2 is 2.00 bits per heavy atom. The first kappa shape index (κ1) is 12.8. The summed E-state index contributed by atoms with van der Waals surface area (Å²) in [7, 11) is 0. The fraction of sp³-hybridized carbons (Fsp3) is 0.889. The highest BCUT2D eigenvalue weighted by atomic mass is 32.2. The number of carbonyl (C=O) groups is 1. The Hall–Kier alpha value is -0.220. The number of carboxylic acid groups (broad SMARTS) is 1. The monoisotopic (exact) mass is 205 g/mol. The predicted octanol–water partition coefficient (Wildman–Crippen LogP) is 1.58. The van der Waals surface area contributed by atoms with Crippen LogP contribution in [0.25, 0.3) is 0 Å². The van der Waals surface area contributed by atoms with Crippen LogP contribution in [0.4, 0.5) is 0 Å². The van der Waals surface area contributed by atoms with Gasteiger partial charge in [0.25, 0.3) is 0 Å². The molecule has 0 amide bonds. The third-order valence-electron chi connectivity index (χ3n) is 2.45. The molecular formula is C9H19NO2S. The van der Waals surface area contributed by atoms with E-state index in [-0.39, 0.29) is 11.3 Å². The van der Waals surface area contributed by atoms with Gasteiger partial charge < -0.3 is 10.4 Å². The van der Waals surface area contributed by atoms with Gasteiger partial charge in [0.1, 0.15) is 0 Å². The Labute approximate surface area is 84.3 Å². The van der Waals surface area contributed by atoms with E-state index in [0.717, 1.165) is 19.4 Å². The molecule has 0 saturated heterocycles. The largest absolute Gasteiger partial charge is 0.480 e. The van der Waals surface area contributed by atoms with Crippen molar-refractivity contribution < 1.29 is 9.90 Å². The van der Waals surface area contributed by atoms with E-state index in [2.05, 4.69) is 25.4 Å². The van der Waals surface area contributed by atoms with Gasteiger partial charge in [0.15, 0.2) is 0 Å². The summed E-state index contributed by atoms with van der Waals surface area (Å²) in [5.41, 5.74) is 0.